The summed E-state index contributed by atoms with van der Waals surface area (Å²) in [6.45, 7) is 3.90. The molecule has 1 atom stereocenters. The molecular formula is C17H18ClNO2. The van der Waals surface area contributed by atoms with E-state index in [0.717, 1.165) is 16.8 Å². The lowest BCUT2D eigenvalue weighted by molar-refractivity contribution is 0.0696. The van der Waals surface area contributed by atoms with Gasteiger partial charge in [0, 0.05) is 17.8 Å². The first kappa shape index (κ1) is 15.4. The molecule has 1 N–H and O–H groups in total. The highest BCUT2D eigenvalue weighted by Gasteiger charge is 2.15. The number of hydrogen-bond acceptors (Lipinski definition) is 2. The molecule has 0 aliphatic rings. The van der Waals surface area contributed by atoms with Gasteiger partial charge in [0.2, 0.25) is 0 Å². The van der Waals surface area contributed by atoms with Gasteiger partial charge in [0.05, 0.1) is 11.6 Å². The van der Waals surface area contributed by atoms with Gasteiger partial charge in [-0.15, -0.1) is 0 Å². The van der Waals surface area contributed by atoms with E-state index >= 15 is 0 Å². The molecule has 2 aromatic carbocycles. The Kier molecular flexibility index (Phi) is 4.53. The van der Waals surface area contributed by atoms with Crippen molar-refractivity contribution in [2.45, 2.75) is 19.9 Å². The van der Waals surface area contributed by atoms with Crippen molar-refractivity contribution in [3.8, 4) is 0 Å². The van der Waals surface area contributed by atoms with E-state index in [2.05, 4.69) is 11.8 Å². The number of rotatable bonds is 4. The van der Waals surface area contributed by atoms with Gasteiger partial charge in [0.25, 0.3) is 0 Å². The molecule has 0 saturated heterocycles. The highest BCUT2D eigenvalue weighted by Crippen LogP contribution is 2.28. The fourth-order valence-corrected chi connectivity index (χ4v) is 2.52. The largest absolute Gasteiger partial charge is 0.478 e. The molecule has 110 valence electrons. The molecular weight excluding hydrogens is 286 g/mol. The topological polar surface area (TPSA) is 40.5 Å². The lowest BCUT2D eigenvalue weighted by Gasteiger charge is -2.28. The van der Waals surface area contributed by atoms with E-state index in [-0.39, 0.29) is 6.04 Å². The minimum Gasteiger partial charge on any atom is -0.478 e. The first-order valence-corrected chi connectivity index (χ1v) is 7.10. The van der Waals surface area contributed by atoms with E-state index in [4.69, 9.17) is 16.7 Å². The van der Waals surface area contributed by atoms with Crippen LogP contribution in [0.3, 0.4) is 0 Å². The van der Waals surface area contributed by atoms with E-state index < -0.39 is 5.97 Å². The molecule has 4 heteroatoms. The molecule has 0 amide bonds. The van der Waals surface area contributed by atoms with Crippen molar-refractivity contribution in [2.75, 3.05) is 11.9 Å². The van der Waals surface area contributed by atoms with Crippen LogP contribution < -0.4 is 4.90 Å². The number of anilines is 1. The van der Waals surface area contributed by atoms with E-state index in [1.165, 1.54) is 0 Å². The third kappa shape index (κ3) is 3.37. The number of aryl methyl sites for hydroxylation is 1. The smallest absolute Gasteiger partial charge is 0.335 e. The van der Waals surface area contributed by atoms with Crippen LogP contribution in [0.25, 0.3) is 0 Å². The molecule has 0 aliphatic heterocycles. The van der Waals surface area contributed by atoms with E-state index in [1.807, 2.05) is 50.4 Å². The second-order valence-corrected chi connectivity index (χ2v) is 5.58. The van der Waals surface area contributed by atoms with Crippen LogP contribution in [0.15, 0.2) is 42.5 Å². The Hall–Kier alpha value is -2.00. The standard InChI is InChI=1S/C17H18ClNO2/c1-11-9-15(7-8-16(11)17(20)21)19(3)12(2)13-5-4-6-14(18)10-13/h4-10,12H,1-3H3,(H,20,21). The number of carboxylic acids is 1. The normalized spacial score (nSPS) is 12.0. The molecule has 1 unspecified atom stereocenters. The van der Waals surface area contributed by atoms with Gasteiger partial charge in [0.15, 0.2) is 0 Å². The van der Waals surface area contributed by atoms with Crippen molar-refractivity contribution in [1.82, 2.24) is 0 Å². The average Bonchev–Trinajstić information content (AvgIpc) is 2.45. The molecule has 0 aliphatic carbocycles. The number of aromatic carboxylic acids is 1. The lowest BCUT2D eigenvalue weighted by atomic mass is 10.0. The Morgan fingerprint density at radius 1 is 1.24 bits per heavy atom. The Bertz CT molecular complexity index is 670. The zero-order chi connectivity index (χ0) is 15.6. The average molecular weight is 304 g/mol. The summed E-state index contributed by atoms with van der Waals surface area (Å²) in [5.74, 6) is -0.899. The third-order valence-corrected chi connectivity index (χ3v) is 3.99. The predicted octanol–water partition coefficient (Wildman–Crippen LogP) is 4.54. The van der Waals surface area contributed by atoms with Gasteiger partial charge in [-0.05, 0) is 55.3 Å². The Balaban J connectivity index is 2.29. The van der Waals surface area contributed by atoms with Crippen molar-refractivity contribution < 1.29 is 9.90 Å². The second kappa shape index (κ2) is 6.19. The Morgan fingerprint density at radius 2 is 1.95 bits per heavy atom. The van der Waals surface area contributed by atoms with E-state index in [0.29, 0.717) is 10.6 Å². The first-order valence-electron chi connectivity index (χ1n) is 6.72. The van der Waals surface area contributed by atoms with Crippen molar-refractivity contribution in [3.05, 3.63) is 64.2 Å². The summed E-state index contributed by atoms with van der Waals surface area (Å²) >= 11 is 6.04. The fraction of sp³-hybridized carbons (Fsp3) is 0.235. The maximum atomic E-state index is 11.1. The summed E-state index contributed by atoms with van der Waals surface area (Å²) in [7, 11) is 1.99. The monoisotopic (exact) mass is 303 g/mol. The Morgan fingerprint density at radius 3 is 2.52 bits per heavy atom. The molecule has 0 heterocycles. The zero-order valence-electron chi connectivity index (χ0n) is 12.3. The van der Waals surface area contributed by atoms with Crippen LogP contribution in [0.4, 0.5) is 5.69 Å². The van der Waals surface area contributed by atoms with Crippen molar-refractivity contribution in [3.63, 3.8) is 0 Å². The predicted molar refractivity (Wildman–Crippen MR) is 86.4 cm³/mol. The number of carbonyl (C=O) groups is 1. The summed E-state index contributed by atoms with van der Waals surface area (Å²) in [5.41, 5.74) is 3.18. The number of hydrogen-bond donors (Lipinski definition) is 1. The van der Waals surface area contributed by atoms with Crippen LogP contribution in [0.2, 0.25) is 5.02 Å². The Labute approximate surface area is 129 Å². The maximum Gasteiger partial charge on any atom is 0.335 e. The summed E-state index contributed by atoms with van der Waals surface area (Å²) < 4.78 is 0. The second-order valence-electron chi connectivity index (χ2n) is 5.15. The van der Waals surface area contributed by atoms with Crippen LogP contribution in [0.1, 0.15) is 34.5 Å². The lowest BCUT2D eigenvalue weighted by Crippen LogP contribution is -2.21. The first-order chi connectivity index (χ1) is 9.90. The number of halogens is 1. The van der Waals surface area contributed by atoms with Crippen LogP contribution in [-0.4, -0.2) is 18.1 Å². The molecule has 0 spiro atoms. The molecule has 21 heavy (non-hydrogen) atoms. The van der Waals surface area contributed by atoms with Gasteiger partial charge in [0.1, 0.15) is 0 Å². The molecule has 3 nitrogen and oxygen atoms in total. The minimum atomic E-state index is -0.899. The van der Waals surface area contributed by atoms with Crippen molar-refractivity contribution >= 4 is 23.3 Å². The molecule has 0 saturated carbocycles. The maximum absolute atomic E-state index is 11.1. The molecule has 2 aromatic rings. The van der Waals surface area contributed by atoms with Gasteiger partial charge in [-0.3, -0.25) is 0 Å². The highest BCUT2D eigenvalue weighted by molar-refractivity contribution is 6.30. The summed E-state index contributed by atoms with van der Waals surface area (Å²) in [5, 5.41) is 9.80. The number of carboxylic acid groups (broad SMARTS) is 1. The molecule has 0 aromatic heterocycles. The molecule has 0 bridgehead atoms. The quantitative estimate of drug-likeness (QED) is 0.901. The van der Waals surface area contributed by atoms with Gasteiger partial charge in [-0.1, -0.05) is 23.7 Å². The zero-order valence-corrected chi connectivity index (χ0v) is 13.1. The summed E-state index contributed by atoms with van der Waals surface area (Å²) in [6, 6.07) is 13.3. The number of benzene rings is 2. The van der Waals surface area contributed by atoms with Gasteiger partial charge in [-0.2, -0.15) is 0 Å². The molecule has 0 fully saturated rings. The van der Waals surface area contributed by atoms with Crippen LogP contribution in [0, 0.1) is 6.92 Å². The third-order valence-electron chi connectivity index (χ3n) is 3.76. The van der Waals surface area contributed by atoms with E-state index in [1.54, 1.807) is 6.07 Å². The minimum absolute atomic E-state index is 0.138. The van der Waals surface area contributed by atoms with Gasteiger partial charge >= 0.3 is 5.97 Å². The van der Waals surface area contributed by atoms with Crippen molar-refractivity contribution in [1.29, 1.82) is 0 Å². The number of nitrogens with zero attached hydrogens (tertiary/aromatic N) is 1. The SMILES string of the molecule is Cc1cc(N(C)C(C)c2cccc(Cl)c2)ccc1C(=O)O. The highest BCUT2D eigenvalue weighted by atomic mass is 35.5. The summed E-state index contributed by atoms with van der Waals surface area (Å²) in [4.78, 5) is 13.2. The van der Waals surface area contributed by atoms with Crippen molar-refractivity contribution in [2.24, 2.45) is 0 Å². The summed E-state index contributed by atoms with van der Waals surface area (Å²) in [6.07, 6.45) is 0. The molecule has 0 radical (unpaired) electrons. The van der Waals surface area contributed by atoms with Crippen LogP contribution in [0.5, 0.6) is 0 Å². The van der Waals surface area contributed by atoms with Gasteiger partial charge in [-0.25, -0.2) is 4.79 Å². The van der Waals surface area contributed by atoms with Crippen LogP contribution >= 0.6 is 11.6 Å². The fourth-order valence-electron chi connectivity index (χ4n) is 2.32. The van der Waals surface area contributed by atoms with Gasteiger partial charge < -0.3 is 10.0 Å². The van der Waals surface area contributed by atoms with E-state index in [9.17, 15) is 4.79 Å². The molecule has 2 rings (SSSR count). The van der Waals surface area contributed by atoms with Crippen LogP contribution in [-0.2, 0) is 0 Å².